The number of hydrogen-bond donors (Lipinski definition) is 2. The van der Waals surface area contributed by atoms with Crippen molar-refractivity contribution in [3.8, 4) is 0 Å². The average molecular weight is 146 g/mol. The molecule has 0 saturated heterocycles. The van der Waals surface area contributed by atoms with Crippen LogP contribution in [0.15, 0.2) is 0 Å². The molecule has 0 aliphatic heterocycles. The minimum atomic E-state index is -0.277. The molecular weight excluding hydrogens is 132 g/mol. The molecule has 0 saturated carbocycles. The summed E-state index contributed by atoms with van der Waals surface area (Å²) in [6.45, 7) is 2.47. The minimum absolute atomic E-state index is 0.213. The first-order valence-electron chi connectivity index (χ1n) is 3.32. The summed E-state index contributed by atoms with van der Waals surface area (Å²) in [5, 5.41) is 0. The molecule has 4 N–H and O–H groups in total. The summed E-state index contributed by atoms with van der Waals surface area (Å²) in [6.07, 6.45) is 0.213. The largest absolute Gasteiger partial charge is 0.466 e. The van der Waals surface area contributed by atoms with Crippen molar-refractivity contribution in [2.75, 3.05) is 13.2 Å². The van der Waals surface area contributed by atoms with E-state index in [4.69, 9.17) is 11.5 Å². The van der Waals surface area contributed by atoms with Gasteiger partial charge in [0.1, 0.15) is 0 Å². The first kappa shape index (κ1) is 9.39. The van der Waals surface area contributed by atoms with Crippen molar-refractivity contribution < 1.29 is 9.53 Å². The van der Waals surface area contributed by atoms with E-state index in [0.717, 1.165) is 0 Å². The van der Waals surface area contributed by atoms with Gasteiger partial charge in [0.05, 0.1) is 13.0 Å². The predicted molar refractivity (Wildman–Crippen MR) is 38.3 cm³/mol. The van der Waals surface area contributed by atoms with Gasteiger partial charge in [-0.2, -0.15) is 0 Å². The summed E-state index contributed by atoms with van der Waals surface area (Å²) in [4.78, 5) is 10.7. The van der Waals surface area contributed by atoms with Crippen LogP contribution in [0.4, 0.5) is 0 Å². The van der Waals surface area contributed by atoms with Gasteiger partial charge in [-0.25, -0.2) is 0 Å². The van der Waals surface area contributed by atoms with Crippen molar-refractivity contribution in [3.05, 3.63) is 0 Å². The molecule has 0 fully saturated rings. The van der Waals surface area contributed by atoms with Gasteiger partial charge in [0.15, 0.2) is 0 Å². The Kier molecular flexibility index (Phi) is 4.88. The first-order valence-corrected chi connectivity index (χ1v) is 3.32. The van der Waals surface area contributed by atoms with Gasteiger partial charge in [-0.1, -0.05) is 0 Å². The zero-order valence-electron chi connectivity index (χ0n) is 6.17. The topological polar surface area (TPSA) is 78.3 Å². The van der Waals surface area contributed by atoms with Crippen LogP contribution in [-0.4, -0.2) is 25.2 Å². The van der Waals surface area contributed by atoms with Crippen LogP contribution < -0.4 is 11.5 Å². The molecule has 0 aromatic heterocycles. The van der Waals surface area contributed by atoms with E-state index < -0.39 is 0 Å². The van der Waals surface area contributed by atoms with Crippen LogP contribution in [0, 0.1) is 0 Å². The number of hydrogen-bond acceptors (Lipinski definition) is 4. The lowest BCUT2D eigenvalue weighted by molar-refractivity contribution is -0.143. The van der Waals surface area contributed by atoms with Crippen molar-refractivity contribution in [1.82, 2.24) is 0 Å². The SMILES string of the molecule is CCOC(=O)CC(N)CN. The summed E-state index contributed by atoms with van der Waals surface area (Å²) >= 11 is 0. The zero-order chi connectivity index (χ0) is 7.98. The third-order valence-electron chi connectivity index (χ3n) is 1.04. The van der Waals surface area contributed by atoms with Crippen LogP contribution >= 0.6 is 0 Å². The Labute approximate surface area is 60.5 Å². The number of rotatable bonds is 4. The molecule has 0 aliphatic carbocycles. The molecule has 0 amide bonds. The van der Waals surface area contributed by atoms with E-state index >= 15 is 0 Å². The summed E-state index contributed by atoms with van der Waals surface area (Å²) in [5.74, 6) is -0.277. The number of carbonyl (C=O) groups excluding carboxylic acids is 1. The number of ether oxygens (including phenoxy) is 1. The monoisotopic (exact) mass is 146 g/mol. The molecule has 1 unspecified atom stereocenters. The summed E-state index contributed by atoms with van der Waals surface area (Å²) in [5.41, 5.74) is 10.6. The molecule has 0 spiro atoms. The molecule has 4 heteroatoms. The Balaban J connectivity index is 3.37. The highest BCUT2D eigenvalue weighted by Crippen LogP contribution is 1.89. The van der Waals surface area contributed by atoms with Gasteiger partial charge >= 0.3 is 5.97 Å². The molecule has 0 radical (unpaired) electrons. The van der Waals surface area contributed by atoms with Gasteiger partial charge < -0.3 is 16.2 Å². The lowest BCUT2D eigenvalue weighted by Gasteiger charge is -2.06. The maximum atomic E-state index is 10.7. The summed E-state index contributed by atoms with van der Waals surface area (Å²) < 4.78 is 4.64. The molecule has 0 aromatic rings. The number of esters is 1. The highest BCUT2D eigenvalue weighted by molar-refractivity contribution is 5.70. The quantitative estimate of drug-likeness (QED) is 0.510. The molecule has 0 aliphatic rings. The van der Waals surface area contributed by atoms with Crippen LogP contribution in [0.2, 0.25) is 0 Å². The highest BCUT2D eigenvalue weighted by atomic mass is 16.5. The van der Waals surface area contributed by atoms with Crippen molar-refractivity contribution in [1.29, 1.82) is 0 Å². The van der Waals surface area contributed by atoms with E-state index in [1.54, 1.807) is 6.92 Å². The van der Waals surface area contributed by atoms with Crippen LogP contribution in [-0.2, 0) is 9.53 Å². The minimum Gasteiger partial charge on any atom is -0.466 e. The van der Waals surface area contributed by atoms with Gasteiger partial charge in [-0.3, -0.25) is 4.79 Å². The molecule has 0 heterocycles. The fourth-order valence-corrected chi connectivity index (χ4v) is 0.517. The van der Waals surface area contributed by atoms with E-state index in [0.29, 0.717) is 13.2 Å². The van der Waals surface area contributed by atoms with Crippen LogP contribution in [0.25, 0.3) is 0 Å². The molecular formula is C6H14N2O2. The van der Waals surface area contributed by atoms with Crippen molar-refractivity contribution in [2.45, 2.75) is 19.4 Å². The Morgan fingerprint density at radius 3 is 2.70 bits per heavy atom. The maximum Gasteiger partial charge on any atom is 0.307 e. The molecule has 60 valence electrons. The van der Waals surface area contributed by atoms with Gasteiger partial charge in [0.2, 0.25) is 0 Å². The lowest BCUT2D eigenvalue weighted by Crippen LogP contribution is -2.32. The van der Waals surface area contributed by atoms with Gasteiger partial charge in [-0.05, 0) is 6.92 Å². The van der Waals surface area contributed by atoms with Crippen LogP contribution in [0.1, 0.15) is 13.3 Å². The van der Waals surface area contributed by atoms with Gasteiger partial charge in [-0.15, -0.1) is 0 Å². The number of nitrogens with two attached hydrogens (primary N) is 2. The summed E-state index contributed by atoms with van der Waals surface area (Å²) in [7, 11) is 0. The Hall–Kier alpha value is -0.610. The third-order valence-corrected chi connectivity index (χ3v) is 1.04. The van der Waals surface area contributed by atoms with E-state index in [1.165, 1.54) is 0 Å². The van der Waals surface area contributed by atoms with E-state index in [-0.39, 0.29) is 18.4 Å². The molecule has 4 nitrogen and oxygen atoms in total. The molecule has 0 rings (SSSR count). The fourth-order valence-electron chi connectivity index (χ4n) is 0.517. The fraction of sp³-hybridized carbons (Fsp3) is 0.833. The Morgan fingerprint density at radius 2 is 2.30 bits per heavy atom. The first-order chi connectivity index (χ1) is 4.70. The molecule has 0 aromatic carbocycles. The lowest BCUT2D eigenvalue weighted by atomic mass is 10.2. The molecule has 1 atom stereocenters. The second-order valence-electron chi connectivity index (χ2n) is 2.00. The van der Waals surface area contributed by atoms with Crippen LogP contribution in [0.3, 0.4) is 0 Å². The van der Waals surface area contributed by atoms with Crippen molar-refractivity contribution in [3.63, 3.8) is 0 Å². The predicted octanol–water partition coefficient (Wildman–Crippen LogP) is -0.774. The van der Waals surface area contributed by atoms with E-state index in [2.05, 4.69) is 4.74 Å². The van der Waals surface area contributed by atoms with E-state index in [9.17, 15) is 4.79 Å². The zero-order valence-corrected chi connectivity index (χ0v) is 6.17. The van der Waals surface area contributed by atoms with Crippen molar-refractivity contribution >= 4 is 5.97 Å². The second-order valence-corrected chi connectivity index (χ2v) is 2.00. The maximum absolute atomic E-state index is 10.7. The molecule has 0 bridgehead atoms. The molecule has 10 heavy (non-hydrogen) atoms. The second kappa shape index (κ2) is 5.20. The van der Waals surface area contributed by atoms with Gasteiger partial charge in [0, 0.05) is 12.6 Å². The third kappa shape index (κ3) is 4.29. The van der Waals surface area contributed by atoms with Crippen molar-refractivity contribution in [2.24, 2.45) is 11.5 Å². The normalized spacial score (nSPS) is 12.7. The Morgan fingerprint density at radius 1 is 1.70 bits per heavy atom. The summed E-state index contributed by atoms with van der Waals surface area (Å²) in [6, 6.07) is -0.265. The van der Waals surface area contributed by atoms with Gasteiger partial charge in [0.25, 0.3) is 0 Å². The smallest absolute Gasteiger partial charge is 0.307 e. The standard InChI is InChI=1S/C6H14N2O2/c1-2-10-6(9)3-5(8)4-7/h5H,2-4,7-8H2,1H3. The van der Waals surface area contributed by atoms with Crippen LogP contribution in [0.5, 0.6) is 0 Å². The number of carbonyl (C=O) groups is 1. The highest BCUT2D eigenvalue weighted by Gasteiger charge is 2.07. The Bertz CT molecular complexity index is 106. The van der Waals surface area contributed by atoms with E-state index in [1.807, 2.05) is 0 Å². The average Bonchev–Trinajstić information content (AvgIpc) is 1.88.